The lowest BCUT2D eigenvalue weighted by Gasteiger charge is -2.36. The lowest BCUT2D eigenvalue weighted by atomic mass is 9.75. The lowest BCUT2D eigenvalue weighted by molar-refractivity contribution is 0.0698. The van der Waals surface area contributed by atoms with E-state index < -0.39 is 5.97 Å². The second-order valence-corrected chi connectivity index (χ2v) is 6.17. The third-order valence-electron chi connectivity index (χ3n) is 3.90. The van der Waals surface area contributed by atoms with Crippen molar-refractivity contribution in [3.8, 4) is 0 Å². The Bertz CT molecular complexity index is 483. The maximum atomic E-state index is 11.1. The molecule has 1 aromatic carbocycles. The molecule has 19 heavy (non-hydrogen) atoms. The fraction of sp³-hybridized carbons (Fsp3) is 0.533. The fourth-order valence-corrected chi connectivity index (χ4v) is 2.92. The zero-order valence-electron chi connectivity index (χ0n) is 11.6. The SMILES string of the molecule is CC1(C)CCCC(Nc2cccc(C(=O)O)c2N)C1. The first-order valence-electron chi connectivity index (χ1n) is 6.77. The molecule has 4 N–H and O–H groups in total. The Balaban J connectivity index is 2.15. The molecule has 0 saturated heterocycles. The maximum Gasteiger partial charge on any atom is 0.337 e. The molecule has 0 amide bonds. The van der Waals surface area contributed by atoms with Gasteiger partial charge in [-0.2, -0.15) is 0 Å². The van der Waals surface area contributed by atoms with Gasteiger partial charge >= 0.3 is 5.97 Å². The van der Waals surface area contributed by atoms with E-state index in [1.807, 2.05) is 6.07 Å². The van der Waals surface area contributed by atoms with Gasteiger partial charge < -0.3 is 16.2 Å². The van der Waals surface area contributed by atoms with E-state index >= 15 is 0 Å². The number of nitrogen functional groups attached to an aromatic ring is 1. The van der Waals surface area contributed by atoms with E-state index in [-0.39, 0.29) is 5.56 Å². The van der Waals surface area contributed by atoms with E-state index in [9.17, 15) is 4.79 Å². The van der Waals surface area contributed by atoms with Crippen LogP contribution in [0.4, 0.5) is 11.4 Å². The van der Waals surface area contributed by atoms with Gasteiger partial charge in [0.2, 0.25) is 0 Å². The number of carboxylic acid groups (broad SMARTS) is 1. The van der Waals surface area contributed by atoms with E-state index in [0.29, 0.717) is 17.1 Å². The minimum atomic E-state index is -0.981. The standard InChI is InChI=1S/C15H22N2O2/c1-15(2)8-4-5-10(9-15)17-12-7-3-6-11(13(12)16)14(18)19/h3,6-7,10,17H,4-5,8-9,16H2,1-2H3,(H,18,19). The van der Waals surface area contributed by atoms with Gasteiger partial charge in [0.05, 0.1) is 16.9 Å². The molecule has 0 aromatic heterocycles. The van der Waals surface area contributed by atoms with Gasteiger partial charge in [-0.15, -0.1) is 0 Å². The molecule has 1 unspecified atom stereocenters. The summed E-state index contributed by atoms with van der Waals surface area (Å²) in [7, 11) is 0. The van der Waals surface area contributed by atoms with Crippen molar-refractivity contribution < 1.29 is 9.90 Å². The lowest BCUT2D eigenvalue weighted by Crippen LogP contribution is -2.32. The van der Waals surface area contributed by atoms with Crippen molar-refractivity contribution in [2.24, 2.45) is 5.41 Å². The van der Waals surface area contributed by atoms with Crippen LogP contribution in [0.1, 0.15) is 49.9 Å². The highest BCUT2D eigenvalue weighted by atomic mass is 16.4. The van der Waals surface area contributed by atoms with Gasteiger partial charge in [0, 0.05) is 6.04 Å². The molecule has 1 aromatic rings. The van der Waals surface area contributed by atoms with E-state index in [2.05, 4.69) is 19.2 Å². The Labute approximate surface area is 114 Å². The molecule has 4 nitrogen and oxygen atoms in total. The van der Waals surface area contributed by atoms with Crippen molar-refractivity contribution in [3.05, 3.63) is 23.8 Å². The van der Waals surface area contributed by atoms with Gasteiger partial charge in [0.1, 0.15) is 0 Å². The first-order valence-corrected chi connectivity index (χ1v) is 6.77. The van der Waals surface area contributed by atoms with Crippen LogP contribution in [0.3, 0.4) is 0 Å². The third kappa shape index (κ3) is 3.19. The van der Waals surface area contributed by atoms with Crippen LogP contribution < -0.4 is 11.1 Å². The van der Waals surface area contributed by atoms with Crippen molar-refractivity contribution in [1.82, 2.24) is 0 Å². The first kappa shape index (κ1) is 13.7. The quantitative estimate of drug-likeness (QED) is 0.730. The third-order valence-corrected chi connectivity index (χ3v) is 3.90. The van der Waals surface area contributed by atoms with Gasteiger partial charge in [0.25, 0.3) is 0 Å². The number of anilines is 2. The second-order valence-electron chi connectivity index (χ2n) is 6.17. The molecule has 1 fully saturated rings. The number of hydrogen-bond donors (Lipinski definition) is 3. The van der Waals surface area contributed by atoms with Crippen molar-refractivity contribution >= 4 is 17.3 Å². The number of nitrogens with one attached hydrogen (secondary N) is 1. The molecule has 4 heteroatoms. The molecule has 0 spiro atoms. The van der Waals surface area contributed by atoms with Crippen molar-refractivity contribution in [1.29, 1.82) is 0 Å². The largest absolute Gasteiger partial charge is 0.478 e. The molecule has 1 saturated carbocycles. The molecular weight excluding hydrogens is 240 g/mol. The molecule has 0 bridgehead atoms. The average Bonchev–Trinajstić information content (AvgIpc) is 2.30. The number of para-hydroxylation sites is 1. The minimum Gasteiger partial charge on any atom is -0.478 e. The molecule has 2 rings (SSSR count). The highest BCUT2D eigenvalue weighted by molar-refractivity contribution is 5.97. The van der Waals surface area contributed by atoms with E-state index in [0.717, 1.165) is 18.5 Å². The van der Waals surface area contributed by atoms with Crippen LogP contribution in [0.2, 0.25) is 0 Å². The van der Waals surface area contributed by atoms with Crippen LogP contribution in [0.25, 0.3) is 0 Å². The zero-order chi connectivity index (χ0) is 14.0. The number of nitrogens with two attached hydrogens (primary N) is 1. The summed E-state index contributed by atoms with van der Waals surface area (Å²) in [6, 6.07) is 5.49. The first-order chi connectivity index (χ1) is 8.89. The zero-order valence-corrected chi connectivity index (χ0v) is 11.6. The summed E-state index contributed by atoms with van der Waals surface area (Å²) < 4.78 is 0. The Hall–Kier alpha value is -1.71. The van der Waals surface area contributed by atoms with Crippen LogP contribution >= 0.6 is 0 Å². The fourth-order valence-electron chi connectivity index (χ4n) is 2.92. The van der Waals surface area contributed by atoms with Crippen molar-refractivity contribution in [2.75, 3.05) is 11.1 Å². The molecule has 0 heterocycles. The minimum absolute atomic E-state index is 0.167. The molecule has 1 aliphatic rings. The summed E-state index contributed by atoms with van der Waals surface area (Å²) >= 11 is 0. The Morgan fingerprint density at radius 1 is 1.47 bits per heavy atom. The molecule has 0 radical (unpaired) electrons. The number of carboxylic acids is 1. The van der Waals surface area contributed by atoms with Crippen molar-refractivity contribution in [2.45, 2.75) is 45.6 Å². The summed E-state index contributed by atoms with van der Waals surface area (Å²) in [5.74, 6) is -0.981. The van der Waals surface area contributed by atoms with Gasteiger partial charge in [-0.25, -0.2) is 4.79 Å². The topological polar surface area (TPSA) is 75.3 Å². The Kier molecular flexibility index (Phi) is 3.69. The maximum absolute atomic E-state index is 11.1. The molecule has 1 atom stereocenters. The second kappa shape index (κ2) is 5.11. The average molecular weight is 262 g/mol. The molecular formula is C15H22N2O2. The number of rotatable bonds is 3. The Morgan fingerprint density at radius 2 is 2.21 bits per heavy atom. The number of aromatic carboxylic acids is 1. The summed E-state index contributed by atoms with van der Waals surface area (Å²) in [5, 5.41) is 12.5. The van der Waals surface area contributed by atoms with E-state index in [1.165, 1.54) is 18.9 Å². The van der Waals surface area contributed by atoms with Crippen LogP contribution in [-0.4, -0.2) is 17.1 Å². The smallest absolute Gasteiger partial charge is 0.337 e. The summed E-state index contributed by atoms with van der Waals surface area (Å²) in [4.78, 5) is 11.1. The predicted octanol–water partition coefficient (Wildman–Crippen LogP) is 3.35. The monoisotopic (exact) mass is 262 g/mol. The summed E-state index contributed by atoms with van der Waals surface area (Å²) in [6.07, 6.45) is 4.64. The normalized spacial score (nSPS) is 21.9. The molecule has 1 aliphatic carbocycles. The van der Waals surface area contributed by atoms with Crippen LogP contribution in [-0.2, 0) is 0 Å². The summed E-state index contributed by atoms with van der Waals surface area (Å²) in [6.45, 7) is 4.55. The highest BCUT2D eigenvalue weighted by Crippen LogP contribution is 2.37. The van der Waals surface area contributed by atoms with Crippen molar-refractivity contribution in [3.63, 3.8) is 0 Å². The summed E-state index contributed by atoms with van der Waals surface area (Å²) in [5.41, 5.74) is 7.51. The number of carbonyl (C=O) groups is 1. The van der Waals surface area contributed by atoms with Crippen LogP contribution in [0, 0.1) is 5.41 Å². The van der Waals surface area contributed by atoms with Gasteiger partial charge in [-0.1, -0.05) is 26.3 Å². The Morgan fingerprint density at radius 3 is 2.84 bits per heavy atom. The number of benzene rings is 1. The highest BCUT2D eigenvalue weighted by Gasteiger charge is 2.28. The predicted molar refractivity (Wildman–Crippen MR) is 77.5 cm³/mol. The van der Waals surface area contributed by atoms with Crippen LogP contribution in [0.15, 0.2) is 18.2 Å². The van der Waals surface area contributed by atoms with Gasteiger partial charge in [0.15, 0.2) is 0 Å². The van der Waals surface area contributed by atoms with Gasteiger partial charge in [-0.05, 0) is 36.8 Å². The molecule has 104 valence electrons. The van der Waals surface area contributed by atoms with E-state index in [1.54, 1.807) is 6.07 Å². The van der Waals surface area contributed by atoms with Crippen LogP contribution in [0.5, 0.6) is 0 Å². The number of hydrogen-bond acceptors (Lipinski definition) is 3. The molecule has 0 aliphatic heterocycles. The van der Waals surface area contributed by atoms with E-state index in [4.69, 9.17) is 10.8 Å². The van der Waals surface area contributed by atoms with Gasteiger partial charge in [-0.3, -0.25) is 0 Å².